The highest BCUT2D eigenvalue weighted by Crippen LogP contribution is 2.31. The van der Waals surface area contributed by atoms with Crippen molar-refractivity contribution in [2.45, 2.75) is 13.1 Å². The second-order valence-electron chi connectivity index (χ2n) is 10.1. The summed E-state index contributed by atoms with van der Waals surface area (Å²) in [6.07, 6.45) is 0. The van der Waals surface area contributed by atoms with Gasteiger partial charge in [0, 0.05) is 82.3 Å². The minimum absolute atomic E-state index is 0.0605. The summed E-state index contributed by atoms with van der Waals surface area (Å²) in [5.41, 5.74) is 3.55. The van der Waals surface area contributed by atoms with E-state index in [-0.39, 0.29) is 10.8 Å². The molecule has 3 aromatic rings. The molecule has 196 valence electrons. The lowest BCUT2D eigenvalue weighted by molar-refractivity contribution is 0.102. The SMILES string of the molecule is CN1CCN(Cc2cc(NC(=O)c3nc4ccccc4nc3Cl)cc(CN3CCN(C)CC3)c2O)CC1. The zero-order valence-electron chi connectivity index (χ0n) is 21.5. The molecule has 0 radical (unpaired) electrons. The maximum absolute atomic E-state index is 13.2. The van der Waals surface area contributed by atoms with Gasteiger partial charge in [0.25, 0.3) is 5.91 Å². The normalized spacial score (nSPS) is 18.4. The molecule has 5 rings (SSSR count). The van der Waals surface area contributed by atoms with Crippen LogP contribution in [-0.4, -0.2) is 107 Å². The fourth-order valence-corrected chi connectivity index (χ4v) is 5.10. The van der Waals surface area contributed by atoms with E-state index in [1.54, 1.807) is 6.07 Å². The number of aromatic nitrogens is 2. The zero-order valence-corrected chi connectivity index (χ0v) is 22.2. The number of anilines is 1. The molecule has 2 N–H and O–H groups in total. The number of hydrogen-bond donors (Lipinski definition) is 2. The molecule has 2 fully saturated rings. The summed E-state index contributed by atoms with van der Waals surface area (Å²) in [4.78, 5) is 31.3. The van der Waals surface area contributed by atoms with Gasteiger partial charge in [-0.3, -0.25) is 14.6 Å². The minimum Gasteiger partial charge on any atom is -0.507 e. The fraction of sp³-hybridized carbons (Fsp3) is 0.444. The minimum atomic E-state index is -0.426. The van der Waals surface area contributed by atoms with Gasteiger partial charge in [-0.25, -0.2) is 9.97 Å². The van der Waals surface area contributed by atoms with Crippen LogP contribution in [0.5, 0.6) is 5.75 Å². The van der Waals surface area contributed by atoms with Crippen LogP contribution in [-0.2, 0) is 13.1 Å². The average Bonchev–Trinajstić information content (AvgIpc) is 2.89. The van der Waals surface area contributed by atoms with Crippen molar-refractivity contribution in [2.24, 2.45) is 0 Å². The van der Waals surface area contributed by atoms with Crippen LogP contribution in [0, 0.1) is 0 Å². The Balaban J connectivity index is 1.41. The molecule has 0 unspecified atom stereocenters. The summed E-state index contributed by atoms with van der Waals surface area (Å²) in [7, 11) is 4.25. The number of fused-ring (bicyclic) bond motifs is 1. The van der Waals surface area contributed by atoms with E-state index < -0.39 is 5.91 Å². The van der Waals surface area contributed by atoms with Crippen LogP contribution in [0.15, 0.2) is 36.4 Å². The summed E-state index contributed by atoms with van der Waals surface area (Å²) < 4.78 is 0. The first-order chi connectivity index (χ1) is 17.9. The Morgan fingerprint density at radius 3 is 1.86 bits per heavy atom. The molecule has 0 spiro atoms. The average molecular weight is 524 g/mol. The molecule has 0 aliphatic carbocycles. The number of halogens is 1. The molecule has 2 aliphatic heterocycles. The van der Waals surface area contributed by atoms with Gasteiger partial charge in [0.05, 0.1) is 11.0 Å². The molecule has 1 amide bonds. The van der Waals surface area contributed by atoms with Gasteiger partial charge < -0.3 is 20.2 Å². The van der Waals surface area contributed by atoms with Gasteiger partial charge in [0.1, 0.15) is 5.75 Å². The first-order valence-electron chi connectivity index (χ1n) is 12.8. The van der Waals surface area contributed by atoms with E-state index in [1.165, 1.54) is 0 Å². The molecule has 0 atom stereocenters. The summed E-state index contributed by atoms with van der Waals surface area (Å²) in [6, 6.07) is 11.0. The summed E-state index contributed by atoms with van der Waals surface area (Å²) >= 11 is 6.34. The molecule has 0 bridgehead atoms. The Bertz CT molecular complexity index is 1230. The number of nitrogens with zero attached hydrogens (tertiary/aromatic N) is 6. The predicted octanol–water partition coefficient (Wildman–Crippen LogP) is 2.74. The monoisotopic (exact) mass is 523 g/mol. The molecule has 2 aromatic carbocycles. The van der Waals surface area contributed by atoms with Crippen LogP contribution in [0.4, 0.5) is 5.69 Å². The number of rotatable bonds is 6. The molecule has 37 heavy (non-hydrogen) atoms. The first-order valence-corrected chi connectivity index (χ1v) is 13.1. The van der Waals surface area contributed by atoms with Crippen LogP contribution in [0.2, 0.25) is 5.15 Å². The van der Waals surface area contributed by atoms with Crippen LogP contribution in [0.25, 0.3) is 11.0 Å². The number of carbonyl (C=O) groups excluding carboxylic acids is 1. The Kier molecular flexibility index (Phi) is 7.87. The fourth-order valence-electron chi connectivity index (χ4n) is 4.88. The Hall–Kier alpha value is -2.82. The van der Waals surface area contributed by atoms with Gasteiger partial charge >= 0.3 is 0 Å². The Morgan fingerprint density at radius 1 is 0.865 bits per heavy atom. The molecular formula is C27H34ClN7O2. The van der Waals surface area contributed by atoms with E-state index in [9.17, 15) is 9.90 Å². The van der Waals surface area contributed by atoms with Crippen LogP contribution in [0.3, 0.4) is 0 Å². The van der Waals surface area contributed by atoms with Gasteiger partial charge in [0.15, 0.2) is 10.8 Å². The van der Waals surface area contributed by atoms with Crippen molar-refractivity contribution in [1.29, 1.82) is 0 Å². The van der Waals surface area contributed by atoms with Crippen molar-refractivity contribution in [3.63, 3.8) is 0 Å². The standard InChI is InChI=1S/C27H34ClN7O2/c1-32-7-11-34(12-8-32)17-19-15-21(16-20(25(19)36)18-35-13-9-33(2)10-14-35)29-27(37)24-26(28)31-23-6-4-3-5-22(23)30-24/h3-6,15-16,36H,7-14,17-18H2,1-2H3,(H,29,37). The second-order valence-corrected chi connectivity index (χ2v) is 10.5. The number of benzene rings is 2. The molecule has 1 aromatic heterocycles. The number of carbonyl (C=O) groups is 1. The van der Waals surface area contributed by atoms with E-state index in [4.69, 9.17) is 11.6 Å². The van der Waals surface area contributed by atoms with Crippen molar-refractivity contribution in [3.8, 4) is 5.75 Å². The largest absolute Gasteiger partial charge is 0.507 e. The number of likely N-dealkylation sites (N-methyl/N-ethyl adjacent to an activating group) is 2. The third kappa shape index (κ3) is 6.19. The Labute approximate surface area is 222 Å². The summed E-state index contributed by atoms with van der Waals surface area (Å²) in [5.74, 6) is -0.121. The number of aromatic hydroxyl groups is 1. The number of amides is 1. The number of hydrogen-bond acceptors (Lipinski definition) is 8. The van der Waals surface area contributed by atoms with Crippen LogP contribution < -0.4 is 5.32 Å². The highest BCUT2D eigenvalue weighted by atomic mass is 35.5. The van der Waals surface area contributed by atoms with E-state index >= 15 is 0 Å². The lowest BCUT2D eigenvalue weighted by atomic mass is 10.0. The third-order valence-electron chi connectivity index (χ3n) is 7.25. The molecule has 2 aliphatic rings. The molecule has 3 heterocycles. The second kappa shape index (κ2) is 11.3. The quantitative estimate of drug-likeness (QED) is 0.477. The van der Waals surface area contributed by atoms with Gasteiger partial charge in [0.2, 0.25) is 0 Å². The molecule has 10 heteroatoms. The topological polar surface area (TPSA) is 88.1 Å². The summed E-state index contributed by atoms with van der Waals surface area (Å²) in [5, 5.41) is 14.3. The maximum Gasteiger partial charge on any atom is 0.277 e. The number of nitrogens with one attached hydrogen (secondary N) is 1. The highest BCUT2D eigenvalue weighted by Gasteiger charge is 2.22. The molecular weight excluding hydrogens is 490 g/mol. The lowest BCUT2D eigenvalue weighted by Crippen LogP contribution is -2.44. The highest BCUT2D eigenvalue weighted by molar-refractivity contribution is 6.33. The van der Waals surface area contributed by atoms with Gasteiger partial charge in [-0.05, 0) is 38.4 Å². The molecule has 9 nitrogen and oxygen atoms in total. The number of piperazine rings is 2. The smallest absolute Gasteiger partial charge is 0.277 e. The zero-order chi connectivity index (χ0) is 25.9. The third-order valence-corrected chi connectivity index (χ3v) is 7.51. The van der Waals surface area contributed by atoms with Gasteiger partial charge in [-0.2, -0.15) is 0 Å². The molecule has 0 saturated carbocycles. The van der Waals surface area contributed by atoms with Crippen LogP contribution >= 0.6 is 11.6 Å². The van der Waals surface area contributed by atoms with Crippen molar-refractivity contribution >= 4 is 34.2 Å². The van der Waals surface area contributed by atoms with Crippen molar-refractivity contribution in [2.75, 3.05) is 71.8 Å². The van der Waals surface area contributed by atoms with Gasteiger partial charge in [-0.1, -0.05) is 23.7 Å². The van der Waals surface area contributed by atoms with E-state index in [1.807, 2.05) is 30.3 Å². The van der Waals surface area contributed by atoms with Gasteiger partial charge in [-0.15, -0.1) is 0 Å². The van der Waals surface area contributed by atoms with Crippen molar-refractivity contribution in [1.82, 2.24) is 29.6 Å². The van der Waals surface area contributed by atoms with E-state index in [0.29, 0.717) is 35.6 Å². The van der Waals surface area contributed by atoms with E-state index in [2.05, 4.69) is 49.0 Å². The van der Waals surface area contributed by atoms with Crippen molar-refractivity contribution in [3.05, 3.63) is 58.4 Å². The summed E-state index contributed by atoms with van der Waals surface area (Å²) in [6.45, 7) is 8.94. The first kappa shape index (κ1) is 25.8. The number of phenols is 1. The van der Waals surface area contributed by atoms with E-state index in [0.717, 1.165) is 63.5 Å². The number of para-hydroxylation sites is 2. The Morgan fingerprint density at radius 2 is 1.35 bits per heavy atom. The lowest BCUT2D eigenvalue weighted by Gasteiger charge is -2.34. The predicted molar refractivity (Wildman–Crippen MR) is 146 cm³/mol. The van der Waals surface area contributed by atoms with Crippen molar-refractivity contribution < 1.29 is 9.90 Å². The maximum atomic E-state index is 13.2. The number of phenolic OH excluding ortho intramolecular Hbond substituents is 1. The molecule has 2 saturated heterocycles. The van der Waals surface area contributed by atoms with Crippen LogP contribution in [0.1, 0.15) is 21.6 Å².